The van der Waals surface area contributed by atoms with E-state index in [1.807, 2.05) is 0 Å². The number of imidazole rings is 1. The van der Waals surface area contributed by atoms with Crippen LogP contribution in [0.15, 0.2) is 12.7 Å². The average Bonchev–Trinajstić information content (AvgIpc) is 3.03. The first-order valence-corrected chi connectivity index (χ1v) is 7.20. The van der Waals surface area contributed by atoms with Crippen molar-refractivity contribution in [1.29, 1.82) is 0 Å². The number of fused-ring (bicyclic) bond motifs is 1. The molecule has 20 heavy (non-hydrogen) atoms. The molecule has 0 aliphatic carbocycles. The SMILES string of the molecule is CC(C)(C)NCC1CCCN1c1ncnc2nc[nH]c12. The van der Waals surface area contributed by atoms with Crippen LogP contribution in [0, 0.1) is 0 Å². The molecule has 1 saturated heterocycles. The molecule has 1 aliphatic rings. The summed E-state index contributed by atoms with van der Waals surface area (Å²) in [7, 11) is 0. The number of rotatable bonds is 3. The summed E-state index contributed by atoms with van der Waals surface area (Å²) in [6.07, 6.45) is 5.69. The molecule has 0 spiro atoms. The lowest BCUT2D eigenvalue weighted by Crippen LogP contribution is -2.45. The molecular weight excluding hydrogens is 252 g/mol. The van der Waals surface area contributed by atoms with Gasteiger partial charge in [-0.3, -0.25) is 0 Å². The summed E-state index contributed by atoms with van der Waals surface area (Å²) >= 11 is 0. The fourth-order valence-electron chi connectivity index (χ4n) is 2.72. The van der Waals surface area contributed by atoms with E-state index in [1.165, 1.54) is 12.8 Å². The van der Waals surface area contributed by atoms with Gasteiger partial charge >= 0.3 is 0 Å². The smallest absolute Gasteiger partial charge is 0.182 e. The quantitative estimate of drug-likeness (QED) is 0.891. The van der Waals surface area contributed by atoms with E-state index in [9.17, 15) is 0 Å². The molecule has 3 rings (SSSR count). The summed E-state index contributed by atoms with van der Waals surface area (Å²) in [6, 6.07) is 0.482. The highest BCUT2D eigenvalue weighted by molar-refractivity contribution is 5.82. The summed E-state index contributed by atoms with van der Waals surface area (Å²) in [6.45, 7) is 8.61. The Balaban J connectivity index is 1.83. The third kappa shape index (κ3) is 2.60. The van der Waals surface area contributed by atoms with Crippen molar-refractivity contribution in [3.8, 4) is 0 Å². The van der Waals surface area contributed by atoms with Gasteiger partial charge in [0.05, 0.1) is 6.33 Å². The van der Waals surface area contributed by atoms with Gasteiger partial charge in [-0.2, -0.15) is 0 Å². The highest BCUT2D eigenvalue weighted by Crippen LogP contribution is 2.27. The fraction of sp³-hybridized carbons (Fsp3) is 0.643. The van der Waals surface area contributed by atoms with Crippen molar-refractivity contribution in [2.75, 3.05) is 18.0 Å². The zero-order valence-corrected chi connectivity index (χ0v) is 12.3. The molecule has 0 aromatic carbocycles. The van der Waals surface area contributed by atoms with Gasteiger partial charge in [0, 0.05) is 24.7 Å². The van der Waals surface area contributed by atoms with Crippen LogP contribution in [0.4, 0.5) is 5.82 Å². The topological polar surface area (TPSA) is 69.7 Å². The second-order valence-electron chi connectivity index (χ2n) is 6.42. The van der Waals surface area contributed by atoms with E-state index in [4.69, 9.17) is 0 Å². The Labute approximate surface area is 119 Å². The number of anilines is 1. The van der Waals surface area contributed by atoms with Crippen molar-refractivity contribution in [1.82, 2.24) is 25.3 Å². The molecule has 0 radical (unpaired) electrons. The number of aromatic amines is 1. The maximum atomic E-state index is 4.47. The third-order valence-corrected chi connectivity index (χ3v) is 3.72. The fourth-order valence-corrected chi connectivity index (χ4v) is 2.72. The lowest BCUT2D eigenvalue weighted by Gasteiger charge is -2.29. The molecule has 108 valence electrons. The van der Waals surface area contributed by atoms with Crippen LogP contribution in [0.25, 0.3) is 11.2 Å². The normalized spacial score (nSPS) is 19.9. The minimum absolute atomic E-state index is 0.142. The molecule has 6 nitrogen and oxygen atoms in total. The van der Waals surface area contributed by atoms with E-state index in [1.54, 1.807) is 12.7 Å². The molecule has 2 aromatic heterocycles. The van der Waals surface area contributed by atoms with Crippen molar-refractivity contribution in [3.05, 3.63) is 12.7 Å². The molecule has 1 fully saturated rings. The Bertz CT molecular complexity index is 585. The summed E-state index contributed by atoms with van der Waals surface area (Å²) in [5.41, 5.74) is 1.82. The van der Waals surface area contributed by atoms with Crippen molar-refractivity contribution < 1.29 is 0 Å². The minimum Gasteiger partial charge on any atom is -0.350 e. The van der Waals surface area contributed by atoms with Gasteiger partial charge in [0.25, 0.3) is 0 Å². The number of hydrogen-bond donors (Lipinski definition) is 2. The molecule has 6 heteroatoms. The highest BCUT2D eigenvalue weighted by atomic mass is 15.3. The Morgan fingerprint density at radius 1 is 1.35 bits per heavy atom. The predicted molar refractivity (Wildman–Crippen MR) is 79.8 cm³/mol. The van der Waals surface area contributed by atoms with Crippen LogP contribution in [0.1, 0.15) is 33.6 Å². The molecule has 0 bridgehead atoms. The second-order valence-corrected chi connectivity index (χ2v) is 6.42. The van der Waals surface area contributed by atoms with Gasteiger partial charge in [-0.1, -0.05) is 0 Å². The zero-order chi connectivity index (χ0) is 14.2. The van der Waals surface area contributed by atoms with Crippen molar-refractivity contribution >= 4 is 17.0 Å². The van der Waals surface area contributed by atoms with Gasteiger partial charge in [0.2, 0.25) is 0 Å². The van der Waals surface area contributed by atoms with Crippen LogP contribution in [0.5, 0.6) is 0 Å². The van der Waals surface area contributed by atoms with Crippen LogP contribution in [-0.4, -0.2) is 44.6 Å². The molecule has 2 aromatic rings. The lowest BCUT2D eigenvalue weighted by molar-refractivity contribution is 0.404. The molecular formula is C14H22N6. The number of nitrogens with zero attached hydrogens (tertiary/aromatic N) is 4. The van der Waals surface area contributed by atoms with E-state index >= 15 is 0 Å². The molecule has 1 atom stereocenters. The summed E-state index contributed by atoms with van der Waals surface area (Å²) in [4.78, 5) is 18.4. The van der Waals surface area contributed by atoms with Crippen molar-refractivity contribution in [3.63, 3.8) is 0 Å². The molecule has 3 heterocycles. The maximum Gasteiger partial charge on any atom is 0.182 e. The van der Waals surface area contributed by atoms with Crippen molar-refractivity contribution in [2.45, 2.75) is 45.2 Å². The van der Waals surface area contributed by atoms with Crippen LogP contribution < -0.4 is 10.2 Å². The molecule has 1 unspecified atom stereocenters. The minimum atomic E-state index is 0.142. The Hall–Kier alpha value is -1.69. The zero-order valence-electron chi connectivity index (χ0n) is 12.3. The van der Waals surface area contributed by atoms with E-state index in [2.05, 4.69) is 50.9 Å². The Morgan fingerprint density at radius 3 is 3.00 bits per heavy atom. The largest absolute Gasteiger partial charge is 0.350 e. The first kappa shape index (κ1) is 13.3. The number of hydrogen-bond acceptors (Lipinski definition) is 5. The van der Waals surface area contributed by atoms with Gasteiger partial charge in [-0.15, -0.1) is 0 Å². The van der Waals surface area contributed by atoms with Gasteiger partial charge in [-0.05, 0) is 33.6 Å². The van der Waals surface area contributed by atoms with E-state index in [-0.39, 0.29) is 5.54 Å². The maximum absolute atomic E-state index is 4.47. The monoisotopic (exact) mass is 274 g/mol. The Morgan fingerprint density at radius 2 is 2.20 bits per heavy atom. The molecule has 2 N–H and O–H groups in total. The lowest BCUT2D eigenvalue weighted by atomic mass is 10.1. The summed E-state index contributed by atoms with van der Waals surface area (Å²) < 4.78 is 0. The molecule has 1 aliphatic heterocycles. The van der Waals surface area contributed by atoms with Crippen molar-refractivity contribution in [2.24, 2.45) is 0 Å². The highest BCUT2D eigenvalue weighted by Gasteiger charge is 2.28. The van der Waals surface area contributed by atoms with E-state index < -0.39 is 0 Å². The van der Waals surface area contributed by atoms with E-state index in [0.717, 1.165) is 30.1 Å². The number of H-pyrrole nitrogens is 1. The second kappa shape index (κ2) is 5.01. The van der Waals surface area contributed by atoms with Crippen LogP contribution in [0.3, 0.4) is 0 Å². The number of nitrogens with one attached hydrogen (secondary N) is 2. The predicted octanol–water partition coefficient (Wildman–Crippen LogP) is 1.71. The average molecular weight is 274 g/mol. The first-order chi connectivity index (χ1) is 9.54. The van der Waals surface area contributed by atoms with Gasteiger partial charge in [0.15, 0.2) is 11.5 Å². The van der Waals surface area contributed by atoms with Crippen LogP contribution in [0.2, 0.25) is 0 Å². The van der Waals surface area contributed by atoms with Crippen LogP contribution >= 0.6 is 0 Å². The summed E-state index contributed by atoms with van der Waals surface area (Å²) in [5, 5.41) is 3.59. The van der Waals surface area contributed by atoms with Gasteiger partial charge in [0.1, 0.15) is 11.8 Å². The number of aromatic nitrogens is 4. The van der Waals surface area contributed by atoms with Gasteiger partial charge < -0.3 is 15.2 Å². The summed E-state index contributed by atoms with van der Waals surface area (Å²) in [5.74, 6) is 0.978. The third-order valence-electron chi connectivity index (χ3n) is 3.72. The van der Waals surface area contributed by atoms with Gasteiger partial charge in [-0.25, -0.2) is 15.0 Å². The molecule has 0 saturated carbocycles. The standard InChI is InChI=1S/C14H22N6/c1-14(2,3)19-7-10-5-4-6-20(10)13-11-12(16-8-15-11)17-9-18-13/h8-10,19H,4-7H2,1-3H3,(H,15,16,17,18). The van der Waals surface area contributed by atoms with Crippen LogP contribution in [-0.2, 0) is 0 Å². The van der Waals surface area contributed by atoms with E-state index in [0.29, 0.717) is 6.04 Å². The molecule has 0 amide bonds. The Kier molecular flexibility index (Phi) is 3.33. The first-order valence-electron chi connectivity index (χ1n) is 7.20.